The van der Waals surface area contributed by atoms with Gasteiger partial charge in [-0.2, -0.15) is 0 Å². The minimum absolute atomic E-state index is 0.389. The van der Waals surface area contributed by atoms with Gasteiger partial charge >= 0.3 is 0 Å². The van der Waals surface area contributed by atoms with Crippen LogP contribution in [-0.4, -0.2) is 25.4 Å². The van der Waals surface area contributed by atoms with E-state index in [2.05, 4.69) is 30.3 Å². The third-order valence-electron chi connectivity index (χ3n) is 3.81. The van der Waals surface area contributed by atoms with Gasteiger partial charge in [-0.25, -0.2) is 0 Å². The largest absolute Gasteiger partial charge is 0.373 e. The standard InChI is InChI=1S/C18H16O2/c1-2-4-13(5-3-1)14-6-7-15(9-17-11-19-17)16(8-14)10-18-12-20-18/h1-4,6-7,17-18H,9-12H2. The maximum atomic E-state index is 5.37. The van der Waals surface area contributed by atoms with Crippen LogP contribution in [0.15, 0.2) is 36.4 Å². The molecule has 4 rings (SSSR count). The first-order valence-electron chi connectivity index (χ1n) is 7.13. The van der Waals surface area contributed by atoms with Crippen molar-refractivity contribution in [1.82, 2.24) is 0 Å². The van der Waals surface area contributed by atoms with Crippen molar-refractivity contribution < 1.29 is 9.47 Å². The van der Waals surface area contributed by atoms with Gasteiger partial charge in [0.05, 0.1) is 25.4 Å². The van der Waals surface area contributed by atoms with E-state index in [4.69, 9.17) is 9.47 Å². The minimum atomic E-state index is 0.389. The Morgan fingerprint density at radius 3 is 2.45 bits per heavy atom. The van der Waals surface area contributed by atoms with Crippen molar-refractivity contribution in [2.45, 2.75) is 25.0 Å². The van der Waals surface area contributed by atoms with E-state index >= 15 is 0 Å². The lowest BCUT2D eigenvalue weighted by atomic mass is 9.94. The van der Waals surface area contributed by atoms with Crippen LogP contribution in [0.25, 0.3) is 11.1 Å². The highest BCUT2D eigenvalue weighted by molar-refractivity contribution is 5.63. The third-order valence-corrected chi connectivity index (χ3v) is 3.81. The molecule has 2 heteroatoms. The molecule has 2 fully saturated rings. The van der Waals surface area contributed by atoms with Crippen molar-refractivity contribution in [3.05, 3.63) is 59.7 Å². The Balaban J connectivity index is 1.66. The number of hydrogen-bond donors (Lipinski definition) is 0. The normalized spacial score (nSPS) is 23.6. The molecule has 2 nitrogen and oxygen atoms in total. The van der Waals surface area contributed by atoms with Gasteiger partial charge in [0.1, 0.15) is 0 Å². The fraction of sp³-hybridized carbons (Fsp3) is 0.333. The Morgan fingerprint density at radius 1 is 0.950 bits per heavy atom. The van der Waals surface area contributed by atoms with Crippen molar-refractivity contribution in [1.29, 1.82) is 0 Å². The van der Waals surface area contributed by atoms with Gasteiger partial charge in [0.25, 0.3) is 0 Å². The van der Waals surface area contributed by atoms with Crippen molar-refractivity contribution in [3.63, 3.8) is 0 Å². The number of ether oxygens (including phenoxy) is 2. The van der Waals surface area contributed by atoms with Crippen molar-refractivity contribution in [2.24, 2.45) is 0 Å². The highest BCUT2D eigenvalue weighted by Gasteiger charge is 2.27. The van der Waals surface area contributed by atoms with E-state index in [-0.39, 0.29) is 0 Å². The van der Waals surface area contributed by atoms with Gasteiger partial charge in [0.2, 0.25) is 0 Å². The van der Waals surface area contributed by atoms with Gasteiger partial charge in [-0.1, -0.05) is 36.4 Å². The Morgan fingerprint density at radius 2 is 1.75 bits per heavy atom. The van der Waals surface area contributed by atoms with E-state index in [0.717, 1.165) is 37.2 Å². The second-order valence-electron chi connectivity index (χ2n) is 5.47. The number of hydrogen-bond acceptors (Lipinski definition) is 2. The predicted molar refractivity (Wildman–Crippen MR) is 76.4 cm³/mol. The summed E-state index contributed by atoms with van der Waals surface area (Å²) in [7, 11) is 0. The highest BCUT2D eigenvalue weighted by atomic mass is 16.6. The quantitative estimate of drug-likeness (QED) is 0.776. The maximum Gasteiger partial charge on any atom is 0.0850 e. The Labute approximate surface area is 119 Å². The van der Waals surface area contributed by atoms with Gasteiger partial charge in [-0.15, -0.1) is 0 Å². The lowest BCUT2D eigenvalue weighted by molar-refractivity contribution is 0.401. The molecule has 0 amide bonds. The van der Waals surface area contributed by atoms with Crippen molar-refractivity contribution >= 4 is 0 Å². The fourth-order valence-corrected chi connectivity index (χ4v) is 2.51. The molecule has 2 aromatic carbocycles. The van der Waals surface area contributed by atoms with E-state index in [1.807, 2.05) is 18.2 Å². The summed E-state index contributed by atoms with van der Waals surface area (Å²) in [4.78, 5) is 0. The minimum Gasteiger partial charge on any atom is -0.373 e. The first-order chi connectivity index (χ1) is 9.88. The molecule has 2 aliphatic heterocycles. The monoisotopic (exact) mass is 264 g/mol. The molecule has 100 valence electrons. The van der Waals surface area contributed by atoms with Crippen LogP contribution in [0.1, 0.15) is 11.1 Å². The SMILES string of the molecule is [c]1ccccc1-c1[c]c(CC2CO2)c(CC2CO2)cc1. The average molecular weight is 264 g/mol. The van der Waals surface area contributed by atoms with Crippen LogP contribution < -0.4 is 0 Å². The maximum absolute atomic E-state index is 5.37. The fourth-order valence-electron chi connectivity index (χ4n) is 2.51. The molecule has 2 radical (unpaired) electrons. The third kappa shape index (κ3) is 2.77. The molecule has 0 N–H and O–H groups in total. The van der Waals surface area contributed by atoms with Gasteiger partial charge in [0.15, 0.2) is 0 Å². The molecule has 2 aromatic rings. The van der Waals surface area contributed by atoms with E-state index in [0.29, 0.717) is 12.2 Å². The van der Waals surface area contributed by atoms with Crippen molar-refractivity contribution in [3.8, 4) is 11.1 Å². The van der Waals surface area contributed by atoms with Crippen LogP contribution in [0, 0.1) is 12.1 Å². The molecule has 2 aliphatic rings. The predicted octanol–water partition coefficient (Wildman–Crippen LogP) is 2.84. The Hall–Kier alpha value is -1.64. The summed E-state index contributed by atoms with van der Waals surface area (Å²) >= 11 is 0. The zero-order valence-electron chi connectivity index (χ0n) is 11.3. The topological polar surface area (TPSA) is 25.1 Å². The van der Waals surface area contributed by atoms with Crippen molar-refractivity contribution in [2.75, 3.05) is 13.2 Å². The van der Waals surface area contributed by atoms with Crippen LogP contribution >= 0.6 is 0 Å². The first-order valence-corrected chi connectivity index (χ1v) is 7.13. The van der Waals surface area contributed by atoms with Gasteiger partial charge in [0, 0.05) is 12.8 Å². The molecule has 0 spiro atoms. The number of rotatable bonds is 5. The van der Waals surface area contributed by atoms with Crippen LogP contribution in [0.5, 0.6) is 0 Å². The van der Waals surface area contributed by atoms with E-state index in [9.17, 15) is 0 Å². The van der Waals surface area contributed by atoms with Crippen LogP contribution in [0.2, 0.25) is 0 Å². The zero-order chi connectivity index (χ0) is 13.4. The lowest BCUT2D eigenvalue weighted by Gasteiger charge is -2.10. The molecule has 0 aromatic heterocycles. The molecular formula is C18H16O2. The highest BCUT2D eigenvalue weighted by Crippen LogP contribution is 2.27. The van der Waals surface area contributed by atoms with Crippen LogP contribution in [-0.2, 0) is 22.3 Å². The molecule has 2 heterocycles. The molecule has 20 heavy (non-hydrogen) atoms. The summed E-state index contributed by atoms with van der Waals surface area (Å²) in [5.41, 5.74) is 4.84. The van der Waals surface area contributed by atoms with Gasteiger partial charge in [-0.05, 0) is 34.4 Å². The summed E-state index contributed by atoms with van der Waals surface area (Å²) in [6, 6.07) is 19.2. The Bertz CT molecular complexity index is 598. The second kappa shape index (κ2) is 5.04. The van der Waals surface area contributed by atoms with E-state index in [1.165, 1.54) is 11.1 Å². The summed E-state index contributed by atoms with van der Waals surface area (Å²) < 4.78 is 10.7. The average Bonchev–Trinajstić information content (AvgIpc) is 3.37. The first kappa shape index (κ1) is 12.1. The van der Waals surface area contributed by atoms with Crippen LogP contribution in [0.3, 0.4) is 0 Å². The summed E-state index contributed by atoms with van der Waals surface area (Å²) in [5.74, 6) is 0. The molecule has 2 saturated heterocycles. The molecule has 2 unspecified atom stereocenters. The molecular weight excluding hydrogens is 248 g/mol. The molecule has 0 bridgehead atoms. The summed E-state index contributed by atoms with van der Waals surface area (Å²) in [6.07, 6.45) is 2.76. The van der Waals surface area contributed by atoms with E-state index in [1.54, 1.807) is 0 Å². The summed E-state index contributed by atoms with van der Waals surface area (Å²) in [6.45, 7) is 1.78. The molecule has 0 saturated carbocycles. The van der Waals surface area contributed by atoms with Crippen LogP contribution in [0.4, 0.5) is 0 Å². The zero-order valence-corrected chi connectivity index (χ0v) is 11.3. The van der Waals surface area contributed by atoms with Gasteiger partial charge < -0.3 is 9.47 Å². The Kier molecular flexibility index (Phi) is 3.06. The summed E-state index contributed by atoms with van der Waals surface area (Å²) in [5, 5.41) is 0. The number of epoxide rings is 2. The molecule has 2 atom stereocenters. The smallest absolute Gasteiger partial charge is 0.0850 e. The number of benzene rings is 2. The second-order valence-corrected chi connectivity index (χ2v) is 5.47. The van der Waals surface area contributed by atoms with E-state index < -0.39 is 0 Å². The lowest BCUT2D eigenvalue weighted by Crippen LogP contribution is -2.03. The molecule has 0 aliphatic carbocycles. The van der Waals surface area contributed by atoms with Gasteiger partial charge in [-0.3, -0.25) is 0 Å².